The first kappa shape index (κ1) is 25.4. The van der Waals surface area contributed by atoms with E-state index in [0.717, 1.165) is 23.4 Å². The van der Waals surface area contributed by atoms with Crippen LogP contribution in [-0.4, -0.2) is 11.2 Å². The van der Waals surface area contributed by atoms with Crippen LogP contribution in [0.15, 0.2) is 145 Å². The zero-order valence-corrected chi connectivity index (χ0v) is 24.0. The largest absolute Gasteiger partial charge is 0.269 e. The number of hydrogen-bond acceptors (Lipinski definition) is 2. The molecule has 204 valence electrons. The minimum Gasteiger partial charge on any atom is -0.269 e. The van der Waals surface area contributed by atoms with Crippen molar-refractivity contribution in [2.75, 3.05) is 0 Å². The van der Waals surface area contributed by atoms with Crippen LogP contribution in [0.4, 0.5) is 0 Å². The number of pyridine rings is 1. The fraction of sp³-hybridized carbons (Fsp3) is 0.0732. The maximum Gasteiger partial charge on any atom is 0.0708 e. The Balaban J connectivity index is 1.30. The summed E-state index contributed by atoms with van der Waals surface area (Å²) < 4.78 is 0. The highest BCUT2D eigenvalue weighted by atomic mass is 14.7. The van der Waals surface area contributed by atoms with E-state index in [0.29, 0.717) is 0 Å². The number of hydrogen-bond donors (Lipinski definition) is 0. The SMILES string of the molecule is Cc1cc(-c2c3ccccc3c(-c3ccc4ccccc4c3)c3ccccc23)ccc1-c1cccc(C2C=NC=CC2)n1. The Morgan fingerprint density at radius 2 is 1.21 bits per heavy atom. The van der Waals surface area contributed by atoms with Gasteiger partial charge in [0.1, 0.15) is 0 Å². The lowest BCUT2D eigenvalue weighted by molar-refractivity contribution is 0.867. The van der Waals surface area contributed by atoms with Crippen LogP contribution in [0.25, 0.3) is 65.8 Å². The van der Waals surface area contributed by atoms with Crippen molar-refractivity contribution in [2.24, 2.45) is 4.99 Å². The third-order valence-corrected chi connectivity index (χ3v) is 8.76. The summed E-state index contributed by atoms with van der Waals surface area (Å²) in [6, 6.07) is 46.4. The quantitative estimate of drug-likeness (QED) is 0.200. The lowest BCUT2D eigenvalue weighted by Gasteiger charge is -2.19. The molecule has 8 rings (SSSR count). The van der Waals surface area contributed by atoms with Crippen LogP contribution in [0, 0.1) is 6.92 Å². The molecule has 1 unspecified atom stereocenters. The van der Waals surface area contributed by atoms with Crippen molar-refractivity contribution in [1.82, 2.24) is 4.98 Å². The Hall–Kier alpha value is -5.34. The molecular formula is C41H30N2. The smallest absolute Gasteiger partial charge is 0.0708 e. The van der Waals surface area contributed by atoms with Crippen LogP contribution in [0.1, 0.15) is 23.6 Å². The number of nitrogens with zero attached hydrogens (tertiary/aromatic N) is 2. The number of allylic oxidation sites excluding steroid dienone is 1. The standard InChI is InChI=1S/C41H30N2/c1-27-24-30(21-22-33(27)39-18-8-17-38(43-39)32-12-9-23-42-26-32)40-34-13-4-6-15-36(34)41(37-16-7-5-14-35(37)40)31-20-19-28-10-2-3-11-29(28)25-31/h2-11,13-26,32H,12H2,1H3. The Morgan fingerprint density at radius 3 is 1.86 bits per heavy atom. The Kier molecular flexibility index (Phi) is 6.19. The molecule has 0 amide bonds. The van der Waals surface area contributed by atoms with Crippen molar-refractivity contribution in [2.45, 2.75) is 19.3 Å². The fourth-order valence-corrected chi connectivity index (χ4v) is 6.69. The second-order valence-electron chi connectivity index (χ2n) is 11.4. The average molecular weight is 551 g/mol. The molecule has 0 spiro atoms. The molecule has 2 nitrogen and oxygen atoms in total. The van der Waals surface area contributed by atoms with Crippen molar-refractivity contribution in [3.63, 3.8) is 0 Å². The first-order chi connectivity index (χ1) is 21.2. The molecule has 0 aliphatic carbocycles. The van der Waals surface area contributed by atoms with Gasteiger partial charge in [-0.1, -0.05) is 115 Å². The van der Waals surface area contributed by atoms with Crippen LogP contribution in [0.5, 0.6) is 0 Å². The lowest BCUT2D eigenvalue weighted by Crippen LogP contribution is -2.04. The van der Waals surface area contributed by atoms with Crippen LogP contribution in [0.2, 0.25) is 0 Å². The third kappa shape index (κ3) is 4.43. The van der Waals surface area contributed by atoms with Crippen LogP contribution >= 0.6 is 0 Å². The second-order valence-corrected chi connectivity index (χ2v) is 11.4. The summed E-state index contributed by atoms with van der Waals surface area (Å²) in [5.41, 5.74) is 9.48. The first-order valence-corrected chi connectivity index (χ1v) is 14.9. The molecular weight excluding hydrogens is 520 g/mol. The van der Waals surface area contributed by atoms with Gasteiger partial charge in [0.25, 0.3) is 0 Å². The van der Waals surface area contributed by atoms with Crippen molar-refractivity contribution >= 4 is 38.5 Å². The lowest BCUT2D eigenvalue weighted by atomic mass is 9.85. The fourth-order valence-electron chi connectivity index (χ4n) is 6.69. The van der Waals surface area contributed by atoms with E-state index < -0.39 is 0 Å². The maximum atomic E-state index is 5.07. The van der Waals surface area contributed by atoms with Gasteiger partial charge in [-0.2, -0.15) is 0 Å². The van der Waals surface area contributed by atoms with Crippen LogP contribution in [-0.2, 0) is 0 Å². The predicted octanol–water partition coefficient (Wildman–Crippen LogP) is 10.9. The highest BCUT2D eigenvalue weighted by Crippen LogP contribution is 2.44. The molecule has 0 saturated carbocycles. The van der Waals surface area contributed by atoms with Gasteiger partial charge in [0.15, 0.2) is 0 Å². The molecule has 0 N–H and O–H groups in total. The molecule has 0 bridgehead atoms. The number of rotatable bonds is 4. The van der Waals surface area contributed by atoms with E-state index in [9.17, 15) is 0 Å². The molecule has 43 heavy (non-hydrogen) atoms. The summed E-state index contributed by atoms with van der Waals surface area (Å²) in [5.74, 6) is 0.225. The molecule has 1 aliphatic heterocycles. The predicted molar refractivity (Wildman–Crippen MR) is 183 cm³/mol. The van der Waals surface area contributed by atoms with Gasteiger partial charge >= 0.3 is 0 Å². The molecule has 1 aromatic heterocycles. The highest BCUT2D eigenvalue weighted by Gasteiger charge is 2.18. The molecule has 6 aromatic carbocycles. The van der Waals surface area contributed by atoms with Gasteiger partial charge in [0.2, 0.25) is 0 Å². The minimum atomic E-state index is 0.225. The number of aromatic nitrogens is 1. The average Bonchev–Trinajstić information content (AvgIpc) is 3.07. The van der Waals surface area contributed by atoms with Gasteiger partial charge in [0, 0.05) is 29.6 Å². The van der Waals surface area contributed by atoms with Gasteiger partial charge in [-0.05, 0) is 91.7 Å². The summed E-state index contributed by atoms with van der Waals surface area (Å²) in [7, 11) is 0. The van der Waals surface area contributed by atoms with Gasteiger partial charge in [-0.25, -0.2) is 0 Å². The van der Waals surface area contributed by atoms with Crippen molar-refractivity contribution < 1.29 is 0 Å². The topological polar surface area (TPSA) is 25.2 Å². The maximum absolute atomic E-state index is 5.07. The molecule has 2 heteroatoms. The number of benzene rings is 6. The van der Waals surface area contributed by atoms with Gasteiger partial charge in [0.05, 0.1) is 5.69 Å². The van der Waals surface area contributed by atoms with Crippen molar-refractivity contribution in [3.05, 3.63) is 151 Å². The molecule has 0 radical (unpaired) electrons. The Labute approximate surface area is 251 Å². The molecule has 7 aromatic rings. The monoisotopic (exact) mass is 550 g/mol. The van der Waals surface area contributed by atoms with E-state index in [-0.39, 0.29) is 5.92 Å². The van der Waals surface area contributed by atoms with Crippen molar-refractivity contribution in [3.8, 4) is 33.5 Å². The molecule has 1 aliphatic rings. The van der Waals surface area contributed by atoms with Gasteiger partial charge in [-0.15, -0.1) is 0 Å². The number of fused-ring (bicyclic) bond motifs is 3. The summed E-state index contributed by atoms with van der Waals surface area (Å²) >= 11 is 0. The van der Waals surface area contributed by atoms with E-state index in [1.54, 1.807) is 0 Å². The van der Waals surface area contributed by atoms with E-state index in [2.05, 4.69) is 145 Å². The molecule has 1 atom stereocenters. The molecule has 0 saturated heterocycles. The molecule has 2 heterocycles. The van der Waals surface area contributed by atoms with Gasteiger partial charge < -0.3 is 0 Å². The number of aliphatic imine (C=N–C) groups is 1. The third-order valence-electron chi connectivity index (χ3n) is 8.76. The van der Waals surface area contributed by atoms with E-state index in [1.807, 2.05) is 12.4 Å². The zero-order chi connectivity index (χ0) is 28.8. The zero-order valence-electron chi connectivity index (χ0n) is 24.0. The highest BCUT2D eigenvalue weighted by molar-refractivity contribution is 6.21. The minimum absolute atomic E-state index is 0.225. The second kappa shape index (κ2) is 10.5. The summed E-state index contributed by atoms with van der Waals surface area (Å²) in [6.45, 7) is 2.20. The number of aryl methyl sites for hydroxylation is 1. The summed E-state index contributed by atoms with van der Waals surface area (Å²) in [4.78, 5) is 9.41. The van der Waals surface area contributed by atoms with Crippen molar-refractivity contribution in [1.29, 1.82) is 0 Å². The Bertz CT molecular complexity index is 2180. The van der Waals surface area contributed by atoms with Crippen LogP contribution < -0.4 is 0 Å². The first-order valence-electron chi connectivity index (χ1n) is 14.9. The van der Waals surface area contributed by atoms with Gasteiger partial charge in [-0.3, -0.25) is 9.98 Å². The van der Waals surface area contributed by atoms with E-state index in [4.69, 9.17) is 4.98 Å². The van der Waals surface area contributed by atoms with Crippen LogP contribution in [0.3, 0.4) is 0 Å². The summed E-state index contributed by atoms with van der Waals surface area (Å²) in [5, 5.41) is 7.59. The molecule has 0 fully saturated rings. The Morgan fingerprint density at radius 1 is 0.581 bits per heavy atom. The normalized spacial score (nSPS) is 14.6. The van der Waals surface area contributed by atoms with E-state index in [1.165, 1.54) is 60.1 Å². The summed E-state index contributed by atoms with van der Waals surface area (Å²) in [6.07, 6.45) is 6.91. The van der Waals surface area contributed by atoms with E-state index >= 15 is 0 Å².